The Kier molecular flexibility index (Phi) is 3.87. The molecule has 4 heteroatoms. The summed E-state index contributed by atoms with van der Waals surface area (Å²) < 4.78 is 7.37. The normalized spacial score (nSPS) is 14.9. The van der Waals surface area contributed by atoms with E-state index in [-0.39, 0.29) is 12.1 Å². The molecule has 18 heavy (non-hydrogen) atoms. The van der Waals surface area contributed by atoms with Crippen molar-refractivity contribution in [2.45, 2.75) is 45.8 Å². The van der Waals surface area contributed by atoms with E-state index in [0.29, 0.717) is 6.04 Å². The molecule has 2 heterocycles. The van der Waals surface area contributed by atoms with Crippen molar-refractivity contribution in [3.8, 4) is 0 Å². The van der Waals surface area contributed by atoms with Crippen LogP contribution in [0, 0.1) is 0 Å². The third kappa shape index (κ3) is 2.82. The maximum Gasteiger partial charge on any atom is 0.120 e. The second kappa shape index (κ2) is 5.40. The third-order valence-corrected chi connectivity index (χ3v) is 3.12. The van der Waals surface area contributed by atoms with Crippen molar-refractivity contribution in [1.29, 1.82) is 0 Å². The molecule has 0 saturated carbocycles. The highest BCUT2D eigenvalue weighted by atomic mass is 16.3. The molecule has 4 nitrogen and oxygen atoms in total. The molecule has 1 N–H and O–H groups in total. The zero-order valence-electron chi connectivity index (χ0n) is 11.4. The fourth-order valence-corrected chi connectivity index (χ4v) is 1.95. The van der Waals surface area contributed by atoms with E-state index in [1.165, 1.54) is 5.56 Å². The van der Waals surface area contributed by atoms with Crippen molar-refractivity contribution in [2.75, 3.05) is 0 Å². The Morgan fingerprint density at radius 2 is 2.00 bits per heavy atom. The van der Waals surface area contributed by atoms with E-state index in [1.54, 1.807) is 6.26 Å². The van der Waals surface area contributed by atoms with Gasteiger partial charge in [-0.2, -0.15) is 5.10 Å². The second-order valence-corrected chi connectivity index (χ2v) is 4.97. The third-order valence-electron chi connectivity index (χ3n) is 3.12. The molecule has 2 atom stereocenters. The molecule has 98 valence electrons. The minimum absolute atomic E-state index is 0.192. The van der Waals surface area contributed by atoms with Crippen LogP contribution in [0.1, 0.15) is 57.1 Å². The smallest absolute Gasteiger partial charge is 0.120 e. The maximum atomic E-state index is 5.39. The quantitative estimate of drug-likeness (QED) is 0.879. The Morgan fingerprint density at radius 3 is 2.56 bits per heavy atom. The van der Waals surface area contributed by atoms with Crippen LogP contribution in [0.4, 0.5) is 0 Å². The summed E-state index contributed by atoms with van der Waals surface area (Å²) in [6.07, 6.45) is 5.72. The molecule has 0 saturated heterocycles. The molecule has 0 radical (unpaired) electrons. The van der Waals surface area contributed by atoms with Gasteiger partial charge in [0.2, 0.25) is 0 Å². The monoisotopic (exact) mass is 247 g/mol. The topological polar surface area (TPSA) is 43.0 Å². The molecule has 2 rings (SSSR count). The van der Waals surface area contributed by atoms with Crippen LogP contribution in [0.2, 0.25) is 0 Å². The fraction of sp³-hybridized carbons (Fsp3) is 0.500. The zero-order valence-corrected chi connectivity index (χ0v) is 11.4. The highest BCUT2D eigenvalue weighted by Gasteiger charge is 2.14. The standard InChI is InChI=1S/C14H21N3O/c1-10(2)17-9-13(8-15-17)11(3)16-12(4)14-6-5-7-18-14/h5-12,16H,1-4H3/t11-,12+/m1/s1. The van der Waals surface area contributed by atoms with Gasteiger partial charge in [0.15, 0.2) is 0 Å². The van der Waals surface area contributed by atoms with Gasteiger partial charge in [0.05, 0.1) is 18.5 Å². The van der Waals surface area contributed by atoms with Gasteiger partial charge >= 0.3 is 0 Å². The highest BCUT2D eigenvalue weighted by Crippen LogP contribution is 2.19. The molecule has 0 unspecified atom stereocenters. The van der Waals surface area contributed by atoms with Crippen molar-refractivity contribution < 1.29 is 4.42 Å². The predicted molar refractivity (Wildman–Crippen MR) is 71.3 cm³/mol. The summed E-state index contributed by atoms with van der Waals surface area (Å²) in [6.45, 7) is 8.49. The number of nitrogens with zero attached hydrogens (tertiary/aromatic N) is 2. The van der Waals surface area contributed by atoms with E-state index in [0.717, 1.165) is 5.76 Å². The minimum Gasteiger partial charge on any atom is -0.468 e. The van der Waals surface area contributed by atoms with Crippen LogP contribution >= 0.6 is 0 Å². The minimum atomic E-state index is 0.192. The second-order valence-electron chi connectivity index (χ2n) is 4.97. The van der Waals surface area contributed by atoms with Gasteiger partial charge < -0.3 is 9.73 Å². The first kappa shape index (κ1) is 12.9. The lowest BCUT2D eigenvalue weighted by atomic mass is 10.1. The molecule has 2 aromatic rings. The van der Waals surface area contributed by atoms with Gasteiger partial charge in [0.1, 0.15) is 5.76 Å². The summed E-state index contributed by atoms with van der Waals surface area (Å²) in [5.74, 6) is 0.957. The SMILES string of the molecule is CC(C)n1cc([C@@H](C)N[C@@H](C)c2ccco2)cn1. The van der Waals surface area contributed by atoms with Crippen LogP contribution in [-0.2, 0) is 0 Å². The summed E-state index contributed by atoms with van der Waals surface area (Å²) in [5.41, 5.74) is 1.20. The lowest BCUT2D eigenvalue weighted by Crippen LogP contribution is -2.21. The van der Waals surface area contributed by atoms with E-state index < -0.39 is 0 Å². The first-order chi connectivity index (χ1) is 8.58. The summed E-state index contributed by atoms with van der Waals surface area (Å²) in [4.78, 5) is 0. The molecule has 0 aromatic carbocycles. The molecular weight excluding hydrogens is 226 g/mol. The van der Waals surface area contributed by atoms with Gasteiger partial charge in [0.25, 0.3) is 0 Å². The first-order valence-electron chi connectivity index (χ1n) is 6.41. The molecule has 0 bridgehead atoms. The number of hydrogen-bond acceptors (Lipinski definition) is 3. The largest absolute Gasteiger partial charge is 0.468 e. The Hall–Kier alpha value is -1.55. The average molecular weight is 247 g/mol. The molecular formula is C14H21N3O. The lowest BCUT2D eigenvalue weighted by Gasteiger charge is -2.17. The maximum absolute atomic E-state index is 5.39. The van der Waals surface area contributed by atoms with Crippen LogP contribution in [0.5, 0.6) is 0 Å². The summed E-state index contributed by atoms with van der Waals surface area (Å²) in [7, 11) is 0. The predicted octanol–water partition coefficient (Wildman–Crippen LogP) is 3.47. The number of aromatic nitrogens is 2. The van der Waals surface area contributed by atoms with Crippen LogP contribution < -0.4 is 5.32 Å². The average Bonchev–Trinajstić information content (AvgIpc) is 3.00. The van der Waals surface area contributed by atoms with Crippen LogP contribution in [-0.4, -0.2) is 9.78 Å². The van der Waals surface area contributed by atoms with E-state index in [4.69, 9.17) is 4.42 Å². The van der Waals surface area contributed by atoms with Crippen molar-refractivity contribution >= 4 is 0 Å². The van der Waals surface area contributed by atoms with E-state index in [2.05, 4.69) is 44.3 Å². The molecule has 0 aliphatic rings. The number of hydrogen-bond donors (Lipinski definition) is 1. The number of rotatable bonds is 5. The molecule has 2 aromatic heterocycles. The van der Waals surface area contributed by atoms with Crippen LogP contribution in [0.3, 0.4) is 0 Å². The Bertz CT molecular complexity index is 473. The van der Waals surface area contributed by atoms with Gasteiger partial charge in [0, 0.05) is 23.8 Å². The molecule has 0 aliphatic carbocycles. The van der Waals surface area contributed by atoms with Crippen molar-refractivity contribution in [1.82, 2.24) is 15.1 Å². The number of nitrogens with one attached hydrogen (secondary N) is 1. The lowest BCUT2D eigenvalue weighted by molar-refractivity contribution is 0.402. The molecule has 0 amide bonds. The van der Waals surface area contributed by atoms with Crippen LogP contribution in [0.25, 0.3) is 0 Å². The van der Waals surface area contributed by atoms with Crippen molar-refractivity contribution in [2.24, 2.45) is 0 Å². The Balaban J connectivity index is 2.00. The van der Waals surface area contributed by atoms with Gasteiger partial charge in [-0.15, -0.1) is 0 Å². The van der Waals surface area contributed by atoms with Gasteiger partial charge in [-0.1, -0.05) is 0 Å². The van der Waals surface area contributed by atoms with E-state index >= 15 is 0 Å². The Labute approximate surface area is 108 Å². The molecule has 0 spiro atoms. The van der Waals surface area contributed by atoms with Gasteiger partial charge in [-0.05, 0) is 39.8 Å². The van der Waals surface area contributed by atoms with E-state index in [1.807, 2.05) is 23.0 Å². The Morgan fingerprint density at radius 1 is 1.22 bits per heavy atom. The number of furan rings is 1. The van der Waals surface area contributed by atoms with Gasteiger partial charge in [-0.25, -0.2) is 0 Å². The summed E-state index contributed by atoms with van der Waals surface area (Å²) >= 11 is 0. The fourth-order valence-electron chi connectivity index (χ4n) is 1.95. The van der Waals surface area contributed by atoms with Gasteiger partial charge in [-0.3, -0.25) is 4.68 Å². The van der Waals surface area contributed by atoms with Crippen molar-refractivity contribution in [3.63, 3.8) is 0 Å². The summed E-state index contributed by atoms with van der Waals surface area (Å²) in [6, 6.07) is 4.74. The van der Waals surface area contributed by atoms with Crippen LogP contribution in [0.15, 0.2) is 35.2 Å². The van der Waals surface area contributed by atoms with Crippen molar-refractivity contribution in [3.05, 3.63) is 42.1 Å². The zero-order chi connectivity index (χ0) is 13.1. The highest BCUT2D eigenvalue weighted by molar-refractivity contribution is 5.11. The first-order valence-corrected chi connectivity index (χ1v) is 6.41. The molecule has 0 aliphatic heterocycles. The summed E-state index contributed by atoms with van der Waals surface area (Å²) in [5, 5.41) is 7.86. The van der Waals surface area contributed by atoms with E-state index in [9.17, 15) is 0 Å². The molecule has 0 fully saturated rings.